The molecule has 19 heavy (non-hydrogen) atoms. The van der Waals surface area contributed by atoms with Gasteiger partial charge in [-0.15, -0.1) is 0 Å². The molecule has 1 N–H and O–H groups in total. The summed E-state index contributed by atoms with van der Waals surface area (Å²) in [6.07, 6.45) is 0.540. The highest BCUT2D eigenvalue weighted by molar-refractivity contribution is 5.76. The standard InChI is InChI=1S/C13H17N3O3/c1-15(13(17)6-11-7-14-8-11)9-10-3-2-4-12(5-10)16(18)19/h2-5,11,14H,6-9H2,1H3. The molecule has 0 bridgehead atoms. The van der Waals surface area contributed by atoms with Gasteiger partial charge in [0.2, 0.25) is 5.91 Å². The van der Waals surface area contributed by atoms with Gasteiger partial charge in [0, 0.05) is 32.1 Å². The van der Waals surface area contributed by atoms with Gasteiger partial charge in [-0.1, -0.05) is 12.1 Å². The van der Waals surface area contributed by atoms with E-state index in [4.69, 9.17) is 0 Å². The maximum Gasteiger partial charge on any atom is 0.269 e. The first-order valence-electron chi connectivity index (χ1n) is 6.24. The number of carbonyl (C=O) groups excluding carboxylic acids is 1. The van der Waals surface area contributed by atoms with Crippen LogP contribution in [0.2, 0.25) is 0 Å². The number of amides is 1. The number of non-ortho nitro benzene ring substituents is 1. The Balaban J connectivity index is 1.93. The third-order valence-corrected chi connectivity index (χ3v) is 3.30. The number of hydrogen-bond donors (Lipinski definition) is 1. The lowest BCUT2D eigenvalue weighted by Crippen LogP contribution is -2.44. The fraction of sp³-hybridized carbons (Fsp3) is 0.462. The third kappa shape index (κ3) is 3.51. The summed E-state index contributed by atoms with van der Waals surface area (Å²) in [5.41, 5.74) is 0.832. The van der Waals surface area contributed by atoms with Crippen molar-refractivity contribution in [2.24, 2.45) is 5.92 Å². The number of hydrogen-bond acceptors (Lipinski definition) is 4. The van der Waals surface area contributed by atoms with Crippen molar-refractivity contribution in [2.75, 3.05) is 20.1 Å². The highest BCUT2D eigenvalue weighted by atomic mass is 16.6. The molecule has 1 heterocycles. The van der Waals surface area contributed by atoms with E-state index in [2.05, 4.69) is 5.32 Å². The Kier molecular flexibility index (Phi) is 4.11. The largest absolute Gasteiger partial charge is 0.341 e. The Hall–Kier alpha value is -1.95. The molecule has 1 saturated heterocycles. The van der Waals surface area contributed by atoms with Crippen molar-refractivity contribution >= 4 is 11.6 Å². The highest BCUT2D eigenvalue weighted by Gasteiger charge is 2.22. The van der Waals surface area contributed by atoms with Gasteiger partial charge in [-0.05, 0) is 24.6 Å². The number of nitrogens with zero attached hydrogens (tertiary/aromatic N) is 2. The maximum atomic E-state index is 11.9. The Morgan fingerprint density at radius 1 is 1.53 bits per heavy atom. The van der Waals surface area contributed by atoms with Crippen molar-refractivity contribution < 1.29 is 9.72 Å². The smallest absolute Gasteiger partial charge is 0.269 e. The van der Waals surface area contributed by atoms with Crippen LogP contribution in [-0.4, -0.2) is 35.9 Å². The number of nitro benzene ring substituents is 1. The molecule has 102 valence electrons. The average molecular weight is 263 g/mol. The van der Waals surface area contributed by atoms with Crippen LogP contribution in [-0.2, 0) is 11.3 Å². The molecule has 0 atom stereocenters. The molecule has 0 spiro atoms. The van der Waals surface area contributed by atoms with Crippen molar-refractivity contribution in [1.29, 1.82) is 0 Å². The minimum atomic E-state index is -0.425. The summed E-state index contributed by atoms with van der Waals surface area (Å²) >= 11 is 0. The average Bonchev–Trinajstić information content (AvgIpc) is 2.33. The second-order valence-electron chi connectivity index (χ2n) is 4.91. The molecule has 0 aliphatic carbocycles. The van der Waals surface area contributed by atoms with E-state index in [0.717, 1.165) is 18.7 Å². The van der Waals surface area contributed by atoms with E-state index in [1.54, 1.807) is 24.1 Å². The quantitative estimate of drug-likeness (QED) is 0.639. The highest BCUT2D eigenvalue weighted by Crippen LogP contribution is 2.16. The Labute approximate surface area is 111 Å². The van der Waals surface area contributed by atoms with Crippen LogP contribution in [0.25, 0.3) is 0 Å². The van der Waals surface area contributed by atoms with Gasteiger partial charge < -0.3 is 10.2 Å². The zero-order chi connectivity index (χ0) is 13.8. The molecule has 1 amide bonds. The van der Waals surface area contributed by atoms with Gasteiger partial charge in [0.1, 0.15) is 0 Å². The fourth-order valence-corrected chi connectivity index (χ4v) is 2.03. The predicted molar refractivity (Wildman–Crippen MR) is 70.5 cm³/mol. The van der Waals surface area contributed by atoms with E-state index in [0.29, 0.717) is 18.9 Å². The summed E-state index contributed by atoms with van der Waals surface area (Å²) in [4.78, 5) is 23.8. The molecule has 1 aliphatic heterocycles. The summed E-state index contributed by atoms with van der Waals surface area (Å²) in [5.74, 6) is 0.512. The molecule has 6 nitrogen and oxygen atoms in total. The molecule has 1 aromatic carbocycles. The lowest BCUT2D eigenvalue weighted by atomic mass is 9.99. The van der Waals surface area contributed by atoms with E-state index < -0.39 is 4.92 Å². The summed E-state index contributed by atoms with van der Waals surface area (Å²) in [6.45, 7) is 2.20. The van der Waals surface area contributed by atoms with E-state index in [1.807, 2.05) is 0 Å². The van der Waals surface area contributed by atoms with Crippen molar-refractivity contribution in [3.63, 3.8) is 0 Å². The van der Waals surface area contributed by atoms with E-state index >= 15 is 0 Å². The van der Waals surface area contributed by atoms with Crippen LogP contribution in [0.4, 0.5) is 5.69 Å². The van der Waals surface area contributed by atoms with Crippen LogP contribution in [0, 0.1) is 16.0 Å². The maximum absolute atomic E-state index is 11.9. The lowest BCUT2D eigenvalue weighted by Gasteiger charge is -2.28. The van der Waals surface area contributed by atoms with Crippen molar-refractivity contribution in [1.82, 2.24) is 10.2 Å². The molecule has 0 unspecified atom stereocenters. The lowest BCUT2D eigenvalue weighted by molar-refractivity contribution is -0.384. The molecule has 6 heteroatoms. The molecule has 1 aliphatic rings. The summed E-state index contributed by atoms with van der Waals surface area (Å²) < 4.78 is 0. The molecule has 2 rings (SSSR count). The van der Waals surface area contributed by atoms with Gasteiger partial charge in [-0.2, -0.15) is 0 Å². The first-order chi connectivity index (χ1) is 9.06. The van der Waals surface area contributed by atoms with Crippen molar-refractivity contribution in [2.45, 2.75) is 13.0 Å². The van der Waals surface area contributed by atoms with Crippen LogP contribution < -0.4 is 5.32 Å². The van der Waals surface area contributed by atoms with E-state index in [1.165, 1.54) is 12.1 Å². The predicted octanol–water partition coefficient (Wildman–Crippen LogP) is 1.16. The molecular weight excluding hydrogens is 246 g/mol. The molecule has 0 aromatic heterocycles. The van der Waals surface area contributed by atoms with Gasteiger partial charge in [-0.25, -0.2) is 0 Å². The van der Waals surface area contributed by atoms with Gasteiger partial charge in [0.15, 0.2) is 0 Å². The van der Waals surface area contributed by atoms with Crippen molar-refractivity contribution in [3.8, 4) is 0 Å². The monoisotopic (exact) mass is 263 g/mol. The van der Waals surface area contributed by atoms with Crippen LogP contribution in [0.5, 0.6) is 0 Å². The summed E-state index contributed by atoms with van der Waals surface area (Å²) in [5, 5.41) is 13.8. The Bertz CT molecular complexity index is 486. The summed E-state index contributed by atoms with van der Waals surface area (Å²) in [7, 11) is 1.73. The molecule has 1 aromatic rings. The number of rotatable bonds is 5. The minimum absolute atomic E-state index is 0.0570. The Morgan fingerprint density at radius 3 is 2.84 bits per heavy atom. The second kappa shape index (κ2) is 5.79. The first-order valence-corrected chi connectivity index (χ1v) is 6.24. The normalized spacial score (nSPS) is 14.8. The second-order valence-corrected chi connectivity index (χ2v) is 4.91. The van der Waals surface area contributed by atoms with E-state index in [9.17, 15) is 14.9 Å². The van der Waals surface area contributed by atoms with Crippen molar-refractivity contribution in [3.05, 3.63) is 39.9 Å². The minimum Gasteiger partial charge on any atom is -0.341 e. The molecular formula is C13H17N3O3. The third-order valence-electron chi connectivity index (χ3n) is 3.30. The van der Waals surface area contributed by atoms with Gasteiger partial charge in [-0.3, -0.25) is 14.9 Å². The Morgan fingerprint density at radius 2 is 2.26 bits per heavy atom. The van der Waals surface area contributed by atoms with E-state index in [-0.39, 0.29) is 11.6 Å². The topological polar surface area (TPSA) is 75.5 Å². The van der Waals surface area contributed by atoms with Gasteiger partial charge in [0.05, 0.1) is 4.92 Å². The molecule has 0 radical (unpaired) electrons. The number of nitrogens with one attached hydrogen (secondary N) is 1. The van der Waals surface area contributed by atoms with Crippen LogP contribution >= 0.6 is 0 Å². The van der Waals surface area contributed by atoms with Crippen LogP contribution in [0.1, 0.15) is 12.0 Å². The van der Waals surface area contributed by atoms with Crippen LogP contribution in [0.15, 0.2) is 24.3 Å². The first kappa shape index (κ1) is 13.5. The van der Waals surface area contributed by atoms with Gasteiger partial charge in [0.25, 0.3) is 5.69 Å². The fourth-order valence-electron chi connectivity index (χ4n) is 2.03. The number of carbonyl (C=O) groups is 1. The zero-order valence-corrected chi connectivity index (χ0v) is 10.8. The SMILES string of the molecule is CN(Cc1cccc([N+](=O)[O-])c1)C(=O)CC1CNC1. The number of nitro groups is 1. The molecule has 0 saturated carbocycles. The zero-order valence-electron chi connectivity index (χ0n) is 10.8. The summed E-state index contributed by atoms with van der Waals surface area (Å²) in [6, 6.07) is 6.39. The van der Waals surface area contributed by atoms with Crippen LogP contribution in [0.3, 0.4) is 0 Å². The number of benzene rings is 1. The molecule has 1 fully saturated rings. The van der Waals surface area contributed by atoms with Gasteiger partial charge >= 0.3 is 0 Å².